The van der Waals surface area contributed by atoms with Crippen molar-refractivity contribution in [1.29, 1.82) is 0 Å². The standard InChI is InChI=1S/C8H11BrN2O/c1-2-5-12-8-7(9)6(10)3-4-11-8/h3-4H,2,5H2,1H3,(H2,10,11). The zero-order valence-corrected chi connectivity index (χ0v) is 8.47. The van der Waals surface area contributed by atoms with Gasteiger partial charge in [0, 0.05) is 6.20 Å². The van der Waals surface area contributed by atoms with Gasteiger partial charge in [0.05, 0.1) is 12.3 Å². The highest BCUT2D eigenvalue weighted by Gasteiger charge is 2.04. The number of nitrogen functional groups attached to an aromatic ring is 1. The summed E-state index contributed by atoms with van der Waals surface area (Å²) in [5.74, 6) is 0.567. The highest BCUT2D eigenvalue weighted by molar-refractivity contribution is 9.10. The fourth-order valence-corrected chi connectivity index (χ4v) is 1.09. The van der Waals surface area contributed by atoms with Gasteiger partial charge >= 0.3 is 0 Å². The van der Waals surface area contributed by atoms with E-state index in [1.807, 2.05) is 6.92 Å². The fourth-order valence-electron chi connectivity index (χ4n) is 0.738. The fraction of sp³-hybridized carbons (Fsp3) is 0.375. The van der Waals surface area contributed by atoms with E-state index in [-0.39, 0.29) is 0 Å². The molecule has 0 aliphatic rings. The second kappa shape index (κ2) is 4.30. The lowest BCUT2D eigenvalue weighted by atomic mass is 10.4. The van der Waals surface area contributed by atoms with Gasteiger partial charge in [-0.3, -0.25) is 0 Å². The third-order valence-corrected chi connectivity index (χ3v) is 2.13. The average molecular weight is 231 g/mol. The Labute approximate surface area is 80.1 Å². The third-order valence-electron chi connectivity index (χ3n) is 1.33. The van der Waals surface area contributed by atoms with Crippen LogP contribution in [-0.4, -0.2) is 11.6 Å². The molecule has 0 aromatic carbocycles. The van der Waals surface area contributed by atoms with E-state index in [1.54, 1.807) is 12.3 Å². The first-order valence-electron chi connectivity index (χ1n) is 3.78. The number of nitrogens with two attached hydrogens (primary N) is 1. The topological polar surface area (TPSA) is 48.1 Å². The zero-order chi connectivity index (χ0) is 8.97. The highest BCUT2D eigenvalue weighted by atomic mass is 79.9. The SMILES string of the molecule is CCCOc1nccc(N)c1Br. The van der Waals surface area contributed by atoms with Crippen LogP contribution in [0.25, 0.3) is 0 Å². The maximum atomic E-state index is 5.63. The Morgan fingerprint density at radius 3 is 3.08 bits per heavy atom. The first-order chi connectivity index (χ1) is 5.75. The molecule has 4 heteroatoms. The van der Waals surface area contributed by atoms with Crippen LogP contribution in [0, 0.1) is 0 Å². The molecule has 0 saturated heterocycles. The smallest absolute Gasteiger partial charge is 0.230 e. The molecule has 2 N–H and O–H groups in total. The molecule has 0 aliphatic carbocycles. The summed E-state index contributed by atoms with van der Waals surface area (Å²) in [7, 11) is 0. The number of anilines is 1. The number of halogens is 1. The van der Waals surface area contributed by atoms with Crippen molar-refractivity contribution in [3.8, 4) is 5.88 Å². The number of pyridine rings is 1. The Hall–Kier alpha value is -0.770. The van der Waals surface area contributed by atoms with Gasteiger partial charge in [-0.25, -0.2) is 4.98 Å². The summed E-state index contributed by atoms with van der Waals surface area (Å²) < 4.78 is 6.06. The van der Waals surface area contributed by atoms with Gasteiger partial charge in [0.1, 0.15) is 4.47 Å². The number of hydrogen-bond donors (Lipinski definition) is 1. The molecular weight excluding hydrogens is 220 g/mol. The van der Waals surface area contributed by atoms with E-state index in [0.29, 0.717) is 18.2 Å². The molecule has 1 aromatic rings. The second-order valence-electron chi connectivity index (χ2n) is 2.37. The quantitative estimate of drug-likeness (QED) is 0.867. The maximum Gasteiger partial charge on any atom is 0.230 e. The van der Waals surface area contributed by atoms with E-state index < -0.39 is 0 Å². The van der Waals surface area contributed by atoms with E-state index in [0.717, 1.165) is 10.9 Å². The Morgan fingerprint density at radius 1 is 1.67 bits per heavy atom. The van der Waals surface area contributed by atoms with Crippen LogP contribution in [0.15, 0.2) is 16.7 Å². The normalized spacial score (nSPS) is 9.83. The van der Waals surface area contributed by atoms with Crippen LogP contribution in [0.1, 0.15) is 13.3 Å². The monoisotopic (exact) mass is 230 g/mol. The number of aromatic nitrogens is 1. The Morgan fingerprint density at radius 2 is 2.42 bits per heavy atom. The van der Waals surface area contributed by atoms with Crippen molar-refractivity contribution in [2.75, 3.05) is 12.3 Å². The molecule has 0 saturated carbocycles. The number of rotatable bonds is 3. The van der Waals surface area contributed by atoms with Crippen molar-refractivity contribution in [2.45, 2.75) is 13.3 Å². The molecule has 0 fully saturated rings. The van der Waals surface area contributed by atoms with Gasteiger partial charge in [0.25, 0.3) is 0 Å². The van der Waals surface area contributed by atoms with E-state index in [4.69, 9.17) is 10.5 Å². The number of nitrogens with zero attached hydrogens (tertiary/aromatic N) is 1. The minimum Gasteiger partial charge on any atom is -0.477 e. The number of hydrogen-bond acceptors (Lipinski definition) is 3. The van der Waals surface area contributed by atoms with E-state index >= 15 is 0 Å². The first-order valence-corrected chi connectivity index (χ1v) is 4.57. The van der Waals surface area contributed by atoms with Gasteiger partial charge in [-0.2, -0.15) is 0 Å². The van der Waals surface area contributed by atoms with Crippen LogP contribution in [-0.2, 0) is 0 Å². The van der Waals surface area contributed by atoms with Crippen molar-refractivity contribution in [1.82, 2.24) is 4.98 Å². The van der Waals surface area contributed by atoms with Crippen LogP contribution in [0.3, 0.4) is 0 Å². The second-order valence-corrected chi connectivity index (χ2v) is 3.16. The molecule has 0 spiro atoms. The lowest BCUT2D eigenvalue weighted by Gasteiger charge is -2.06. The van der Waals surface area contributed by atoms with Gasteiger partial charge < -0.3 is 10.5 Å². The maximum absolute atomic E-state index is 5.63. The Bertz CT molecular complexity index is 265. The summed E-state index contributed by atoms with van der Waals surface area (Å²) in [6.07, 6.45) is 2.59. The summed E-state index contributed by atoms with van der Waals surface area (Å²) >= 11 is 3.30. The predicted octanol–water partition coefficient (Wildman–Crippen LogP) is 2.22. The molecule has 66 valence electrons. The average Bonchev–Trinajstić information content (AvgIpc) is 2.08. The molecule has 12 heavy (non-hydrogen) atoms. The van der Waals surface area contributed by atoms with Gasteiger partial charge in [-0.05, 0) is 28.4 Å². The molecule has 1 aromatic heterocycles. The van der Waals surface area contributed by atoms with Gasteiger partial charge in [-0.15, -0.1) is 0 Å². The van der Waals surface area contributed by atoms with Crippen molar-refractivity contribution in [2.24, 2.45) is 0 Å². The molecule has 0 radical (unpaired) electrons. The van der Waals surface area contributed by atoms with Crippen LogP contribution in [0.4, 0.5) is 5.69 Å². The zero-order valence-electron chi connectivity index (χ0n) is 6.88. The van der Waals surface area contributed by atoms with Crippen molar-refractivity contribution in [3.63, 3.8) is 0 Å². The summed E-state index contributed by atoms with van der Waals surface area (Å²) in [5.41, 5.74) is 6.27. The summed E-state index contributed by atoms with van der Waals surface area (Å²) in [5, 5.41) is 0. The molecular formula is C8H11BrN2O. The summed E-state index contributed by atoms with van der Waals surface area (Å²) in [6, 6.07) is 1.73. The Balaban J connectivity index is 2.78. The molecule has 0 amide bonds. The van der Waals surface area contributed by atoms with Crippen LogP contribution in [0.5, 0.6) is 5.88 Å². The van der Waals surface area contributed by atoms with Crippen LogP contribution < -0.4 is 10.5 Å². The summed E-state index contributed by atoms with van der Waals surface area (Å²) in [6.45, 7) is 2.70. The largest absolute Gasteiger partial charge is 0.477 e. The molecule has 0 unspecified atom stereocenters. The van der Waals surface area contributed by atoms with Crippen molar-refractivity contribution < 1.29 is 4.74 Å². The third kappa shape index (κ3) is 2.11. The van der Waals surface area contributed by atoms with Gasteiger partial charge in [-0.1, -0.05) is 6.92 Å². The highest BCUT2D eigenvalue weighted by Crippen LogP contribution is 2.27. The summed E-state index contributed by atoms with van der Waals surface area (Å²) in [4.78, 5) is 4.03. The lowest BCUT2D eigenvalue weighted by Crippen LogP contribution is -1.99. The Kier molecular flexibility index (Phi) is 3.34. The minimum atomic E-state index is 0.567. The first kappa shape index (κ1) is 9.32. The molecule has 1 heterocycles. The molecule has 3 nitrogen and oxygen atoms in total. The van der Waals surface area contributed by atoms with Crippen molar-refractivity contribution in [3.05, 3.63) is 16.7 Å². The molecule has 1 rings (SSSR count). The molecule has 0 bridgehead atoms. The lowest BCUT2D eigenvalue weighted by molar-refractivity contribution is 0.303. The number of ether oxygens (including phenoxy) is 1. The van der Waals surface area contributed by atoms with E-state index in [9.17, 15) is 0 Å². The minimum absolute atomic E-state index is 0.567. The van der Waals surface area contributed by atoms with E-state index in [2.05, 4.69) is 20.9 Å². The van der Waals surface area contributed by atoms with Gasteiger partial charge in [0.2, 0.25) is 5.88 Å². The van der Waals surface area contributed by atoms with E-state index in [1.165, 1.54) is 0 Å². The predicted molar refractivity (Wildman–Crippen MR) is 52.1 cm³/mol. The molecule has 0 aliphatic heterocycles. The molecule has 0 atom stereocenters. The van der Waals surface area contributed by atoms with Gasteiger partial charge in [0.15, 0.2) is 0 Å². The van der Waals surface area contributed by atoms with Crippen LogP contribution in [0.2, 0.25) is 0 Å². The van der Waals surface area contributed by atoms with Crippen LogP contribution >= 0.6 is 15.9 Å². The van der Waals surface area contributed by atoms with Crippen molar-refractivity contribution >= 4 is 21.6 Å².